The average Bonchev–Trinajstić information content (AvgIpc) is 2.69. The molecule has 0 radical (unpaired) electrons. The zero-order valence-corrected chi connectivity index (χ0v) is 10.2. The fourth-order valence-corrected chi connectivity index (χ4v) is 4.29. The van der Waals surface area contributed by atoms with Gasteiger partial charge in [-0.1, -0.05) is 11.8 Å². The van der Waals surface area contributed by atoms with Crippen LogP contribution >= 0.6 is 11.8 Å². The molecule has 0 aromatic heterocycles. The van der Waals surface area contributed by atoms with E-state index in [1.807, 2.05) is 18.9 Å². The maximum absolute atomic E-state index is 12.1. The highest BCUT2D eigenvalue weighted by Gasteiger charge is 2.64. The molecule has 0 saturated carbocycles. The molecular weight excluding hydrogens is 226 g/mol. The van der Waals surface area contributed by atoms with Gasteiger partial charge in [0.15, 0.2) is 0 Å². The Balaban J connectivity index is 2.04. The third-order valence-electron chi connectivity index (χ3n) is 3.72. The van der Waals surface area contributed by atoms with E-state index in [0.29, 0.717) is 6.54 Å². The summed E-state index contributed by atoms with van der Waals surface area (Å²) >= 11 is 1.60. The minimum Gasteiger partial charge on any atom is -0.285 e. The molecule has 3 aliphatic rings. The first-order chi connectivity index (χ1) is 7.45. The molecule has 3 atom stereocenters. The van der Waals surface area contributed by atoms with Crippen molar-refractivity contribution in [1.29, 1.82) is 0 Å². The summed E-state index contributed by atoms with van der Waals surface area (Å²) in [6, 6.07) is 0. The molecule has 0 spiro atoms. The Bertz CT molecular complexity index is 436. The smallest absolute Gasteiger partial charge is 0.236 e. The van der Waals surface area contributed by atoms with Gasteiger partial charge in [0.1, 0.15) is 4.87 Å². The molecule has 2 amide bonds. The summed E-state index contributed by atoms with van der Waals surface area (Å²) in [7, 11) is 1.57. The van der Waals surface area contributed by atoms with Crippen molar-refractivity contribution in [3.8, 4) is 0 Å². The van der Waals surface area contributed by atoms with Crippen molar-refractivity contribution < 1.29 is 9.59 Å². The molecule has 5 nitrogen and oxygen atoms in total. The first kappa shape index (κ1) is 10.1. The molecule has 3 rings (SSSR count). The number of amides is 2. The van der Waals surface area contributed by atoms with Crippen LogP contribution in [0.15, 0.2) is 5.10 Å². The standard InChI is InChI=1S/C10H13N3O2S/c1-5-11-13-4-6-7(10(13,2)16-5)9(15)12(3)8(6)14/h6-7H,4H2,1-3H3/t6-,7+,10-/m0/s1. The monoisotopic (exact) mass is 239 g/mol. The molecule has 3 heterocycles. The number of fused-ring (bicyclic) bond motifs is 3. The van der Waals surface area contributed by atoms with E-state index in [4.69, 9.17) is 0 Å². The van der Waals surface area contributed by atoms with Crippen molar-refractivity contribution in [3.63, 3.8) is 0 Å². The number of hydrazone groups is 1. The Morgan fingerprint density at radius 2 is 2.12 bits per heavy atom. The van der Waals surface area contributed by atoms with Crippen LogP contribution in [0.4, 0.5) is 0 Å². The number of carbonyl (C=O) groups is 2. The molecule has 0 N–H and O–H groups in total. The highest BCUT2D eigenvalue weighted by Crippen LogP contribution is 2.53. The normalized spacial score (nSPS) is 41.6. The molecule has 0 aromatic carbocycles. The lowest BCUT2D eigenvalue weighted by Crippen LogP contribution is -2.42. The molecule has 0 aliphatic carbocycles. The van der Waals surface area contributed by atoms with Crippen molar-refractivity contribution in [2.24, 2.45) is 16.9 Å². The van der Waals surface area contributed by atoms with Crippen LogP contribution in [-0.4, -0.2) is 45.2 Å². The molecule has 16 heavy (non-hydrogen) atoms. The summed E-state index contributed by atoms with van der Waals surface area (Å²) in [6.07, 6.45) is 0. The predicted molar refractivity (Wildman–Crippen MR) is 60.6 cm³/mol. The van der Waals surface area contributed by atoms with Gasteiger partial charge in [-0.3, -0.25) is 19.5 Å². The fraction of sp³-hybridized carbons (Fsp3) is 0.700. The van der Waals surface area contributed by atoms with Gasteiger partial charge in [-0.25, -0.2) is 0 Å². The SMILES string of the molecule is CC1=NN2C[C@@H]3C(=O)N(C)C(=O)[C@@H]3[C@]2(C)S1. The Morgan fingerprint density at radius 3 is 2.81 bits per heavy atom. The summed E-state index contributed by atoms with van der Waals surface area (Å²) in [6.45, 7) is 4.52. The molecular formula is C10H13N3O2S. The lowest BCUT2D eigenvalue weighted by molar-refractivity contribution is -0.139. The van der Waals surface area contributed by atoms with E-state index in [1.165, 1.54) is 4.90 Å². The number of nitrogens with zero attached hydrogens (tertiary/aromatic N) is 3. The van der Waals surface area contributed by atoms with Crippen molar-refractivity contribution in [2.45, 2.75) is 18.7 Å². The molecule has 2 saturated heterocycles. The Morgan fingerprint density at radius 1 is 1.44 bits per heavy atom. The average molecular weight is 239 g/mol. The Kier molecular flexibility index (Phi) is 1.77. The molecule has 0 aromatic rings. The van der Waals surface area contributed by atoms with Crippen molar-refractivity contribution in [3.05, 3.63) is 0 Å². The van der Waals surface area contributed by atoms with Crippen LogP contribution in [0.1, 0.15) is 13.8 Å². The van der Waals surface area contributed by atoms with E-state index in [9.17, 15) is 9.59 Å². The van der Waals surface area contributed by atoms with E-state index in [2.05, 4.69) is 5.10 Å². The summed E-state index contributed by atoms with van der Waals surface area (Å²) < 4.78 is 0. The van der Waals surface area contributed by atoms with Gasteiger partial charge in [-0.15, -0.1) is 0 Å². The summed E-state index contributed by atoms with van der Waals surface area (Å²) in [5.74, 6) is -0.556. The number of rotatable bonds is 0. The van der Waals surface area contributed by atoms with Gasteiger partial charge in [0.25, 0.3) is 0 Å². The molecule has 2 fully saturated rings. The number of thioether (sulfide) groups is 1. The second-order valence-electron chi connectivity index (χ2n) is 4.68. The fourth-order valence-electron chi connectivity index (χ4n) is 2.94. The number of likely N-dealkylation sites (tertiary alicyclic amines) is 1. The lowest BCUT2D eigenvalue weighted by Gasteiger charge is -2.29. The highest BCUT2D eigenvalue weighted by atomic mass is 32.2. The summed E-state index contributed by atoms with van der Waals surface area (Å²) in [5.41, 5.74) is 0. The van der Waals surface area contributed by atoms with Gasteiger partial charge >= 0.3 is 0 Å². The number of carbonyl (C=O) groups excluding carboxylic acids is 2. The number of imide groups is 1. The summed E-state index contributed by atoms with van der Waals surface area (Å²) in [4.78, 5) is 24.9. The van der Waals surface area contributed by atoms with Crippen molar-refractivity contribution in [1.82, 2.24) is 9.91 Å². The first-order valence-electron chi connectivity index (χ1n) is 5.28. The zero-order chi connectivity index (χ0) is 11.7. The Labute approximate surface area is 97.8 Å². The third-order valence-corrected chi connectivity index (χ3v) is 4.98. The van der Waals surface area contributed by atoms with Gasteiger partial charge in [0.05, 0.1) is 23.4 Å². The number of hydrogen-bond donors (Lipinski definition) is 0. The van der Waals surface area contributed by atoms with Crippen LogP contribution in [0.25, 0.3) is 0 Å². The van der Waals surface area contributed by atoms with Gasteiger partial charge < -0.3 is 0 Å². The summed E-state index contributed by atoms with van der Waals surface area (Å²) in [5, 5.41) is 7.26. The highest BCUT2D eigenvalue weighted by molar-refractivity contribution is 8.15. The second-order valence-corrected chi connectivity index (χ2v) is 6.30. The largest absolute Gasteiger partial charge is 0.285 e. The molecule has 0 unspecified atom stereocenters. The quantitative estimate of drug-likeness (QED) is 0.572. The predicted octanol–water partition coefficient (Wildman–Crippen LogP) is 0.329. The lowest BCUT2D eigenvalue weighted by atomic mass is 9.93. The van der Waals surface area contributed by atoms with E-state index >= 15 is 0 Å². The van der Waals surface area contributed by atoms with Crippen LogP contribution in [0.3, 0.4) is 0 Å². The van der Waals surface area contributed by atoms with Crippen LogP contribution in [0.2, 0.25) is 0 Å². The van der Waals surface area contributed by atoms with E-state index < -0.39 is 0 Å². The maximum Gasteiger partial charge on any atom is 0.236 e. The molecule has 86 valence electrons. The van der Waals surface area contributed by atoms with E-state index in [1.54, 1.807) is 18.8 Å². The third kappa shape index (κ3) is 0.959. The van der Waals surface area contributed by atoms with Gasteiger partial charge in [-0.05, 0) is 13.8 Å². The molecule has 6 heteroatoms. The van der Waals surface area contributed by atoms with Crippen molar-refractivity contribution >= 4 is 28.6 Å². The zero-order valence-electron chi connectivity index (χ0n) is 9.43. The minimum absolute atomic E-state index is 0.0564. The van der Waals surface area contributed by atoms with Gasteiger partial charge in [-0.2, -0.15) is 5.10 Å². The van der Waals surface area contributed by atoms with E-state index in [0.717, 1.165) is 5.04 Å². The van der Waals surface area contributed by atoms with Crippen molar-refractivity contribution in [2.75, 3.05) is 13.6 Å². The van der Waals surface area contributed by atoms with Gasteiger partial charge in [0.2, 0.25) is 11.8 Å². The Hall–Kier alpha value is -1.04. The minimum atomic E-state index is -0.355. The van der Waals surface area contributed by atoms with Crippen LogP contribution < -0.4 is 0 Å². The number of hydrogen-bond acceptors (Lipinski definition) is 5. The molecule has 3 aliphatic heterocycles. The van der Waals surface area contributed by atoms with Crippen LogP contribution in [0.5, 0.6) is 0 Å². The van der Waals surface area contributed by atoms with Crippen LogP contribution in [0, 0.1) is 11.8 Å². The topological polar surface area (TPSA) is 53.0 Å². The van der Waals surface area contributed by atoms with E-state index in [-0.39, 0.29) is 28.5 Å². The first-order valence-corrected chi connectivity index (χ1v) is 6.10. The second kappa shape index (κ2) is 2.80. The van der Waals surface area contributed by atoms with Gasteiger partial charge in [0, 0.05) is 7.05 Å². The molecule has 0 bridgehead atoms. The van der Waals surface area contributed by atoms with Crippen LogP contribution in [-0.2, 0) is 9.59 Å². The maximum atomic E-state index is 12.1.